The Balaban J connectivity index is 0.000000149. The average Bonchev–Trinajstić information content (AvgIpc) is 2.41. The monoisotopic (exact) mass is 362 g/mol. The van der Waals surface area contributed by atoms with Gasteiger partial charge in [0.2, 0.25) is 0 Å². The van der Waals surface area contributed by atoms with Crippen LogP contribution in [0.1, 0.15) is 0 Å². The fourth-order valence-electron chi connectivity index (χ4n) is 1.60. The summed E-state index contributed by atoms with van der Waals surface area (Å²) >= 11 is 6.81. The van der Waals surface area contributed by atoms with Gasteiger partial charge in [0.15, 0.2) is 0 Å². The van der Waals surface area contributed by atoms with Crippen LogP contribution in [-0.4, -0.2) is 0 Å². The molecular formula is C16H12Br2. The molecule has 0 nitrogen and oxygen atoms in total. The molecule has 3 aromatic carbocycles. The first-order valence-corrected chi connectivity index (χ1v) is 7.20. The number of fused-ring (bicyclic) bond motifs is 1. The molecular weight excluding hydrogens is 352 g/mol. The van der Waals surface area contributed by atoms with Crippen LogP contribution in [-0.2, 0) is 0 Å². The third kappa shape index (κ3) is 3.69. The first-order valence-electron chi connectivity index (χ1n) is 5.61. The van der Waals surface area contributed by atoms with E-state index in [0.717, 1.165) is 8.95 Å². The van der Waals surface area contributed by atoms with Crippen molar-refractivity contribution in [1.29, 1.82) is 0 Å². The maximum atomic E-state index is 3.50. The van der Waals surface area contributed by atoms with Crippen molar-refractivity contribution in [2.75, 3.05) is 0 Å². The van der Waals surface area contributed by atoms with E-state index in [1.165, 1.54) is 10.8 Å². The zero-order valence-corrected chi connectivity index (χ0v) is 12.9. The minimum atomic E-state index is 1.13. The van der Waals surface area contributed by atoms with Crippen LogP contribution in [0.25, 0.3) is 10.8 Å². The van der Waals surface area contributed by atoms with E-state index in [-0.39, 0.29) is 0 Å². The summed E-state index contributed by atoms with van der Waals surface area (Å²) in [7, 11) is 0. The Labute approximate surface area is 124 Å². The van der Waals surface area contributed by atoms with Gasteiger partial charge in [-0.3, -0.25) is 0 Å². The largest absolute Gasteiger partial charge is 0.0622 e. The number of benzene rings is 3. The van der Waals surface area contributed by atoms with Crippen molar-refractivity contribution in [3.63, 3.8) is 0 Å². The summed E-state index contributed by atoms with van der Waals surface area (Å²) in [5, 5.41) is 2.55. The van der Waals surface area contributed by atoms with Crippen molar-refractivity contribution in [1.82, 2.24) is 0 Å². The highest BCUT2D eigenvalue weighted by atomic mass is 79.9. The SMILES string of the molecule is Brc1cccc2ccccc12.Brc1ccccc1. The van der Waals surface area contributed by atoms with Gasteiger partial charge in [-0.25, -0.2) is 0 Å². The lowest BCUT2D eigenvalue weighted by atomic mass is 10.1. The molecule has 0 N–H and O–H groups in total. The van der Waals surface area contributed by atoms with Crippen LogP contribution in [0, 0.1) is 0 Å². The fourth-order valence-corrected chi connectivity index (χ4v) is 2.42. The Morgan fingerprint density at radius 3 is 1.78 bits per heavy atom. The van der Waals surface area contributed by atoms with E-state index in [0.29, 0.717) is 0 Å². The van der Waals surface area contributed by atoms with Crippen molar-refractivity contribution in [3.8, 4) is 0 Å². The first-order chi connectivity index (χ1) is 8.77. The van der Waals surface area contributed by atoms with Gasteiger partial charge in [0.1, 0.15) is 0 Å². The summed E-state index contributed by atoms with van der Waals surface area (Å²) in [5.74, 6) is 0. The number of hydrogen-bond acceptors (Lipinski definition) is 0. The topological polar surface area (TPSA) is 0 Å². The number of hydrogen-bond donors (Lipinski definition) is 0. The minimum Gasteiger partial charge on any atom is -0.0622 e. The van der Waals surface area contributed by atoms with E-state index >= 15 is 0 Å². The molecule has 0 bridgehead atoms. The number of halogens is 2. The Morgan fingerprint density at radius 2 is 1.17 bits per heavy atom. The van der Waals surface area contributed by atoms with E-state index < -0.39 is 0 Å². The van der Waals surface area contributed by atoms with Gasteiger partial charge in [-0.05, 0) is 29.0 Å². The Morgan fingerprint density at radius 1 is 0.556 bits per heavy atom. The van der Waals surface area contributed by atoms with Crippen molar-refractivity contribution < 1.29 is 0 Å². The lowest BCUT2D eigenvalue weighted by molar-refractivity contribution is 1.66. The Bertz CT molecular complexity index is 613. The zero-order chi connectivity index (χ0) is 12.8. The molecule has 0 saturated carbocycles. The van der Waals surface area contributed by atoms with E-state index in [1.54, 1.807) is 0 Å². The first kappa shape index (κ1) is 13.3. The molecule has 3 rings (SSSR count). The summed E-state index contributed by atoms with van der Waals surface area (Å²) in [6, 6.07) is 24.5. The maximum absolute atomic E-state index is 3.50. The lowest BCUT2D eigenvalue weighted by Crippen LogP contribution is -1.71. The molecule has 0 heterocycles. The van der Waals surface area contributed by atoms with Gasteiger partial charge in [0, 0.05) is 8.95 Å². The van der Waals surface area contributed by atoms with Crippen LogP contribution in [0.5, 0.6) is 0 Å². The number of rotatable bonds is 0. The van der Waals surface area contributed by atoms with Crippen molar-refractivity contribution in [2.45, 2.75) is 0 Å². The minimum absolute atomic E-state index is 1.13. The van der Waals surface area contributed by atoms with Gasteiger partial charge in [0.05, 0.1) is 0 Å². The van der Waals surface area contributed by atoms with Crippen LogP contribution >= 0.6 is 31.9 Å². The van der Waals surface area contributed by atoms with Crippen LogP contribution in [0.2, 0.25) is 0 Å². The van der Waals surface area contributed by atoms with E-state index in [4.69, 9.17) is 0 Å². The molecule has 0 aromatic heterocycles. The molecule has 2 heteroatoms. The average molecular weight is 364 g/mol. The molecule has 90 valence electrons. The summed E-state index contributed by atoms with van der Waals surface area (Å²) in [5.41, 5.74) is 0. The normalized spacial score (nSPS) is 9.67. The summed E-state index contributed by atoms with van der Waals surface area (Å²) in [4.78, 5) is 0. The standard InChI is InChI=1S/C10H7Br.C6H5Br/c11-10-7-3-5-8-4-1-2-6-9(8)10;7-6-4-2-1-3-5-6/h1-7H;1-5H. The van der Waals surface area contributed by atoms with Gasteiger partial charge < -0.3 is 0 Å². The van der Waals surface area contributed by atoms with Gasteiger partial charge in [-0.15, -0.1) is 0 Å². The predicted molar refractivity (Wildman–Crippen MR) is 85.8 cm³/mol. The molecule has 0 saturated heterocycles. The lowest BCUT2D eigenvalue weighted by Gasteiger charge is -1.97. The molecule has 0 radical (unpaired) electrons. The fraction of sp³-hybridized carbons (Fsp3) is 0. The van der Waals surface area contributed by atoms with Crippen LogP contribution < -0.4 is 0 Å². The van der Waals surface area contributed by atoms with Crippen molar-refractivity contribution in [2.24, 2.45) is 0 Å². The molecule has 0 aliphatic carbocycles. The second-order valence-corrected chi connectivity index (χ2v) is 5.53. The summed E-state index contributed by atoms with van der Waals surface area (Å²) in [6.45, 7) is 0. The summed E-state index contributed by atoms with van der Waals surface area (Å²) in [6.07, 6.45) is 0. The second kappa shape index (κ2) is 6.72. The molecule has 0 spiro atoms. The molecule has 3 aromatic rings. The summed E-state index contributed by atoms with van der Waals surface area (Å²) < 4.78 is 2.30. The molecule has 18 heavy (non-hydrogen) atoms. The van der Waals surface area contributed by atoms with Gasteiger partial charge >= 0.3 is 0 Å². The van der Waals surface area contributed by atoms with Crippen molar-refractivity contribution in [3.05, 3.63) is 81.7 Å². The van der Waals surface area contributed by atoms with Crippen LogP contribution in [0.15, 0.2) is 81.7 Å². The van der Waals surface area contributed by atoms with Crippen LogP contribution in [0.4, 0.5) is 0 Å². The smallest absolute Gasteiger partial charge is 0.0253 e. The van der Waals surface area contributed by atoms with Crippen LogP contribution in [0.3, 0.4) is 0 Å². The third-order valence-corrected chi connectivity index (χ3v) is 3.69. The quantitative estimate of drug-likeness (QED) is 0.456. The highest BCUT2D eigenvalue weighted by Gasteiger charge is 1.93. The zero-order valence-electron chi connectivity index (χ0n) is 9.68. The molecule has 0 atom stereocenters. The van der Waals surface area contributed by atoms with E-state index in [9.17, 15) is 0 Å². The Hall–Kier alpha value is -1.12. The maximum Gasteiger partial charge on any atom is 0.0253 e. The Kier molecular flexibility index (Phi) is 4.97. The molecule has 0 aliphatic heterocycles. The van der Waals surface area contributed by atoms with E-state index in [1.807, 2.05) is 42.5 Å². The van der Waals surface area contributed by atoms with E-state index in [2.05, 4.69) is 62.2 Å². The van der Waals surface area contributed by atoms with Gasteiger partial charge in [-0.1, -0.05) is 86.5 Å². The molecule has 0 aliphatic rings. The van der Waals surface area contributed by atoms with Gasteiger partial charge in [0.25, 0.3) is 0 Å². The molecule has 0 fully saturated rings. The van der Waals surface area contributed by atoms with Crippen molar-refractivity contribution >= 4 is 42.6 Å². The highest BCUT2D eigenvalue weighted by molar-refractivity contribution is 9.11. The van der Waals surface area contributed by atoms with Gasteiger partial charge in [-0.2, -0.15) is 0 Å². The molecule has 0 amide bonds. The third-order valence-electron chi connectivity index (χ3n) is 2.47. The second-order valence-electron chi connectivity index (χ2n) is 3.76. The highest BCUT2D eigenvalue weighted by Crippen LogP contribution is 2.22. The molecule has 0 unspecified atom stereocenters. The predicted octanol–water partition coefficient (Wildman–Crippen LogP) is 6.05.